The van der Waals surface area contributed by atoms with E-state index in [1.165, 1.54) is 212 Å². The van der Waals surface area contributed by atoms with E-state index in [0.29, 0.717) is 25.7 Å². The summed E-state index contributed by atoms with van der Waals surface area (Å²) in [4.78, 5) is 73.1. The van der Waals surface area contributed by atoms with E-state index >= 15 is 0 Å². The number of aliphatic hydroxyl groups excluding tert-OH is 1. The fourth-order valence-electron chi connectivity index (χ4n) is 12.3. The summed E-state index contributed by atoms with van der Waals surface area (Å²) in [7, 11) is -9.93. The third-order valence-corrected chi connectivity index (χ3v) is 20.7. The lowest BCUT2D eigenvalue weighted by atomic mass is 10.0. The first-order chi connectivity index (χ1) is 49.4. The van der Waals surface area contributed by atoms with Gasteiger partial charge in [-0.15, -0.1) is 0 Å². The number of phosphoric acid groups is 2. The topological polar surface area (TPSA) is 237 Å². The van der Waals surface area contributed by atoms with Crippen molar-refractivity contribution in [1.82, 2.24) is 0 Å². The van der Waals surface area contributed by atoms with E-state index in [1.807, 2.05) is 0 Å². The highest BCUT2D eigenvalue weighted by molar-refractivity contribution is 7.47. The lowest BCUT2D eigenvalue weighted by molar-refractivity contribution is -0.161. The van der Waals surface area contributed by atoms with Crippen LogP contribution in [-0.4, -0.2) is 96.7 Å². The molecule has 0 aromatic carbocycles. The van der Waals surface area contributed by atoms with Crippen LogP contribution in [0.3, 0.4) is 0 Å². The van der Waals surface area contributed by atoms with E-state index in [1.54, 1.807) is 0 Å². The van der Waals surface area contributed by atoms with Crippen molar-refractivity contribution in [2.24, 2.45) is 11.8 Å². The summed E-state index contributed by atoms with van der Waals surface area (Å²) in [5, 5.41) is 10.7. The van der Waals surface area contributed by atoms with Crippen LogP contribution in [0.25, 0.3) is 0 Å². The lowest BCUT2D eigenvalue weighted by Crippen LogP contribution is -2.30. The highest BCUT2D eigenvalue weighted by atomic mass is 31.2. The molecule has 0 aliphatic carbocycles. The van der Waals surface area contributed by atoms with Gasteiger partial charge in [0, 0.05) is 25.7 Å². The molecule has 0 saturated heterocycles. The van der Waals surface area contributed by atoms with Crippen LogP contribution in [0.4, 0.5) is 0 Å². The Balaban J connectivity index is 5.27. The summed E-state index contributed by atoms with van der Waals surface area (Å²) in [6.45, 7) is 9.62. The maximum Gasteiger partial charge on any atom is 0.472 e. The summed E-state index contributed by atoms with van der Waals surface area (Å²) in [5.41, 5.74) is 0. The monoisotopic (exact) mass is 1490 g/mol. The molecule has 0 radical (unpaired) electrons. The normalized spacial score (nSPS) is 14.0. The molecule has 19 heteroatoms. The first-order valence-electron chi connectivity index (χ1n) is 42.3. The van der Waals surface area contributed by atoms with Crippen LogP contribution in [-0.2, 0) is 65.4 Å². The summed E-state index contributed by atoms with van der Waals surface area (Å²) in [6, 6.07) is 0. The maximum atomic E-state index is 13.1. The van der Waals surface area contributed by atoms with Crippen molar-refractivity contribution in [2.75, 3.05) is 39.6 Å². The number of allylic oxidation sites excluding steroid dienone is 4. The smallest absolute Gasteiger partial charge is 0.462 e. The van der Waals surface area contributed by atoms with Gasteiger partial charge < -0.3 is 33.8 Å². The molecule has 0 spiro atoms. The van der Waals surface area contributed by atoms with Gasteiger partial charge in [0.2, 0.25) is 0 Å². The Morgan fingerprint density at radius 1 is 0.304 bits per heavy atom. The Bertz CT molecular complexity index is 2050. The molecular formula is C83H158O17P2. The van der Waals surface area contributed by atoms with Crippen molar-refractivity contribution < 1.29 is 80.2 Å². The molecular weight excluding hydrogens is 1330 g/mol. The van der Waals surface area contributed by atoms with Gasteiger partial charge in [0.1, 0.15) is 19.3 Å². The molecule has 2 unspecified atom stereocenters. The van der Waals surface area contributed by atoms with Gasteiger partial charge in [-0.25, -0.2) is 9.13 Å². The van der Waals surface area contributed by atoms with Gasteiger partial charge in [-0.1, -0.05) is 361 Å². The predicted molar refractivity (Wildman–Crippen MR) is 418 cm³/mol. The van der Waals surface area contributed by atoms with Gasteiger partial charge in [-0.3, -0.25) is 37.3 Å². The molecule has 5 atom stereocenters. The second-order valence-corrected chi connectivity index (χ2v) is 33.0. The Hall–Kier alpha value is -2.46. The fourth-order valence-corrected chi connectivity index (χ4v) is 13.9. The number of rotatable bonds is 80. The van der Waals surface area contributed by atoms with Crippen molar-refractivity contribution in [1.29, 1.82) is 0 Å². The van der Waals surface area contributed by atoms with Crippen LogP contribution in [0.5, 0.6) is 0 Å². The quantitative estimate of drug-likeness (QED) is 0.0169. The molecule has 0 saturated carbocycles. The number of phosphoric ester groups is 2. The highest BCUT2D eigenvalue weighted by Crippen LogP contribution is 2.45. The number of carbonyl (C=O) groups excluding carboxylic acids is 4. The highest BCUT2D eigenvalue weighted by Gasteiger charge is 2.30. The zero-order chi connectivity index (χ0) is 74.9. The molecule has 0 aromatic rings. The van der Waals surface area contributed by atoms with Gasteiger partial charge in [0.25, 0.3) is 0 Å². The standard InChI is InChI=1S/C83H158O17P2/c1-7-9-11-13-15-17-19-21-26-30-36-42-48-54-60-66-81(86)94-72-78(99-82(87)67-61-55-49-43-37-31-28-25-23-22-24-27-29-33-39-45-51-57-63-75(3)4)73-97-101(89,90)95-69-77(84)70-96-102(91,92)98-74-79(71-93-80(85)65-59-53-47-41-35-20-18-16-14-12-10-8-2)100-83(88)68-62-56-50-44-38-32-34-40-46-52-58-64-76(5)6/h17,19,21,26,75-79,84H,7-16,18,20,22-25,27-74H2,1-6H3,(H,89,90)(H,91,92)/b19-17-,26-21-/t77-,78-,79-/m1/s1. The second kappa shape index (κ2) is 74.0. The van der Waals surface area contributed by atoms with Gasteiger partial charge >= 0.3 is 39.5 Å². The summed E-state index contributed by atoms with van der Waals surface area (Å²) in [6.07, 6.45) is 67.3. The van der Waals surface area contributed by atoms with E-state index < -0.39 is 97.5 Å². The molecule has 602 valence electrons. The van der Waals surface area contributed by atoms with E-state index in [2.05, 4.69) is 65.8 Å². The fraction of sp³-hybridized carbons (Fsp3) is 0.904. The van der Waals surface area contributed by atoms with Crippen molar-refractivity contribution in [2.45, 2.75) is 432 Å². The van der Waals surface area contributed by atoms with E-state index in [4.69, 9.17) is 37.0 Å². The minimum absolute atomic E-state index is 0.101. The molecule has 0 heterocycles. The number of hydrogen-bond acceptors (Lipinski definition) is 15. The van der Waals surface area contributed by atoms with Crippen molar-refractivity contribution in [3.63, 3.8) is 0 Å². The van der Waals surface area contributed by atoms with Crippen LogP contribution in [0, 0.1) is 11.8 Å². The van der Waals surface area contributed by atoms with Crippen LogP contribution in [0.15, 0.2) is 24.3 Å². The molecule has 0 fully saturated rings. The summed E-state index contributed by atoms with van der Waals surface area (Å²) in [5.74, 6) is -0.553. The van der Waals surface area contributed by atoms with Crippen molar-refractivity contribution in [3.05, 3.63) is 24.3 Å². The van der Waals surface area contributed by atoms with Crippen LogP contribution in [0.1, 0.15) is 414 Å². The average molecular weight is 1490 g/mol. The number of hydrogen-bond donors (Lipinski definition) is 3. The average Bonchev–Trinajstić information content (AvgIpc) is 0.927. The molecule has 3 N–H and O–H groups in total. The first kappa shape index (κ1) is 99.5. The summed E-state index contributed by atoms with van der Waals surface area (Å²) >= 11 is 0. The number of carbonyl (C=O) groups is 4. The molecule has 0 rings (SSSR count). The number of ether oxygens (including phenoxy) is 4. The minimum atomic E-state index is -4.97. The van der Waals surface area contributed by atoms with Gasteiger partial charge in [-0.05, 0) is 63.2 Å². The molecule has 0 bridgehead atoms. The zero-order valence-corrected chi connectivity index (χ0v) is 68.2. The molecule has 17 nitrogen and oxygen atoms in total. The molecule has 0 amide bonds. The van der Waals surface area contributed by atoms with Gasteiger partial charge in [-0.2, -0.15) is 0 Å². The maximum absolute atomic E-state index is 13.1. The second-order valence-electron chi connectivity index (χ2n) is 30.1. The summed E-state index contributed by atoms with van der Waals surface area (Å²) < 4.78 is 68.7. The Morgan fingerprint density at radius 3 is 0.804 bits per heavy atom. The van der Waals surface area contributed by atoms with Crippen LogP contribution >= 0.6 is 15.6 Å². The third-order valence-electron chi connectivity index (χ3n) is 18.8. The minimum Gasteiger partial charge on any atom is -0.462 e. The number of esters is 4. The predicted octanol–water partition coefficient (Wildman–Crippen LogP) is 24.6. The van der Waals surface area contributed by atoms with E-state index in [9.17, 15) is 43.2 Å². The number of aliphatic hydroxyl groups is 1. The lowest BCUT2D eigenvalue weighted by Gasteiger charge is -2.21. The third kappa shape index (κ3) is 75.8. The molecule has 0 aromatic heterocycles. The molecule has 0 aliphatic heterocycles. The molecule has 0 aliphatic rings. The van der Waals surface area contributed by atoms with Crippen LogP contribution in [0.2, 0.25) is 0 Å². The SMILES string of the molecule is CCCCCC/C=C\C=C/CCCCCCCC(=O)OC[C@H](COP(=O)(O)OC[C@@H](O)COP(=O)(O)OC[C@@H](COC(=O)CCCCCCCCCCCCCC)OC(=O)CCCCCCCCCCCCCC(C)C)OC(=O)CCCCCCCCCCCCCCCCCCCCC(C)C. The molecule has 102 heavy (non-hydrogen) atoms. The van der Waals surface area contributed by atoms with Gasteiger partial charge in [0.15, 0.2) is 12.2 Å². The number of unbranched alkanes of at least 4 members (excludes halogenated alkanes) is 47. The van der Waals surface area contributed by atoms with Crippen molar-refractivity contribution >= 4 is 39.5 Å². The Morgan fingerprint density at radius 2 is 0.529 bits per heavy atom. The Labute approximate surface area is 624 Å². The van der Waals surface area contributed by atoms with Crippen molar-refractivity contribution in [3.8, 4) is 0 Å². The zero-order valence-electron chi connectivity index (χ0n) is 66.4. The van der Waals surface area contributed by atoms with E-state index in [-0.39, 0.29) is 25.7 Å². The van der Waals surface area contributed by atoms with Gasteiger partial charge in [0.05, 0.1) is 26.4 Å². The van der Waals surface area contributed by atoms with Crippen LogP contribution < -0.4 is 0 Å². The Kier molecular flexibility index (Phi) is 72.2. The first-order valence-corrected chi connectivity index (χ1v) is 45.3. The van der Waals surface area contributed by atoms with E-state index in [0.717, 1.165) is 121 Å². The largest absolute Gasteiger partial charge is 0.472 e.